The Balaban J connectivity index is 1.43. The van der Waals surface area contributed by atoms with Crippen molar-refractivity contribution in [1.82, 2.24) is 9.88 Å². The van der Waals surface area contributed by atoms with Gasteiger partial charge in [-0.3, -0.25) is 0 Å². The molecule has 0 atom stereocenters. The molecule has 3 aromatic rings. The van der Waals surface area contributed by atoms with Crippen molar-refractivity contribution in [3.63, 3.8) is 0 Å². The third-order valence-corrected chi connectivity index (χ3v) is 4.54. The number of nitrogens with zero attached hydrogens (tertiary/aromatic N) is 3. The Morgan fingerprint density at radius 3 is 2.40 bits per heavy atom. The van der Waals surface area contributed by atoms with Crippen molar-refractivity contribution in [3.8, 4) is 0 Å². The summed E-state index contributed by atoms with van der Waals surface area (Å²) >= 11 is 0. The number of carbonyl (C=O) groups excluding carboxylic acids is 1. The number of hydrogen-bond acceptors (Lipinski definition) is 3. The predicted molar refractivity (Wildman–Crippen MR) is 101 cm³/mol. The van der Waals surface area contributed by atoms with Gasteiger partial charge < -0.3 is 15.1 Å². The lowest BCUT2D eigenvalue weighted by Gasteiger charge is -2.35. The summed E-state index contributed by atoms with van der Waals surface area (Å²) in [5, 5.41) is 5.30. The van der Waals surface area contributed by atoms with E-state index in [1.807, 2.05) is 59.6 Å². The van der Waals surface area contributed by atoms with Crippen LogP contribution >= 0.6 is 0 Å². The molecule has 126 valence electrons. The summed E-state index contributed by atoms with van der Waals surface area (Å²) < 4.78 is 0. The maximum absolute atomic E-state index is 12.4. The first-order chi connectivity index (χ1) is 12.3. The largest absolute Gasteiger partial charge is 0.353 e. The highest BCUT2D eigenvalue weighted by Crippen LogP contribution is 2.25. The number of carbonyl (C=O) groups is 1. The van der Waals surface area contributed by atoms with Crippen molar-refractivity contribution in [2.75, 3.05) is 36.4 Å². The number of urea groups is 1. The van der Waals surface area contributed by atoms with Gasteiger partial charge >= 0.3 is 6.03 Å². The summed E-state index contributed by atoms with van der Waals surface area (Å²) in [6.45, 7) is 2.93. The highest BCUT2D eigenvalue weighted by atomic mass is 16.2. The fourth-order valence-corrected chi connectivity index (χ4v) is 3.20. The van der Waals surface area contributed by atoms with Crippen molar-refractivity contribution in [3.05, 3.63) is 66.9 Å². The summed E-state index contributed by atoms with van der Waals surface area (Å²) in [6.07, 6.45) is 1.85. The second-order valence-electron chi connectivity index (χ2n) is 6.13. The minimum Gasteiger partial charge on any atom is -0.353 e. The van der Waals surface area contributed by atoms with Gasteiger partial charge in [-0.15, -0.1) is 0 Å². The lowest BCUT2D eigenvalue weighted by atomic mass is 10.1. The third-order valence-electron chi connectivity index (χ3n) is 4.54. The van der Waals surface area contributed by atoms with Crippen LogP contribution in [0.15, 0.2) is 66.9 Å². The van der Waals surface area contributed by atoms with E-state index in [4.69, 9.17) is 0 Å². The zero-order chi connectivity index (χ0) is 17.1. The predicted octanol–water partition coefficient (Wildman–Crippen LogP) is 3.59. The maximum Gasteiger partial charge on any atom is 0.321 e. The number of anilines is 2. The van der Waals surface area contributed by atoms with Gasteiger partial charge in [0.05, 0.1) is 0 Å². The molecule has 2 aromatic carbocycles. The van der Waals surface area contributed by atoms with Crippen LogP contribution in [0, 0.1) is 0 Å². The topological polar surface area (TPSA) is 48.5 Å². The molecule has 4 rings (SSSR count). The summed E-state index contributed by atoms with van der Waals surface area (Å²) in [6, 6.07) is 19.8. The Morgan fingerprint density at radius 1 is 0.880 bits per heavy atom. The molecule has 0 aliphatic carbocycles. The highest BCUT2D eigenvalue weighted by Gasteiger charge is 2.22. The molecule has 2 amide bonds. The van der Waals surface area contributed by atoms with Crippen LogP contribution in [-0.4, -0.2) is 42.1 Å². The zero-order valence-corrected chi connectivity index (χ0v) is 13.9. The van der Waals surface area contributed by atoms with Crippen molar-refractivity contribution in [1.29, 1.82) is 0 Å². The molecule has 25 heavy (non-hydrogen) atoms. The summed E-state index contributed by atoms with van der Waals surface area (Å²) in [5.41, 5.74) is 0.825. The SMILES string of the molecule is O=C(Nc1ccccc1)N1CCN(c2nccc3ccccc23)CC1. The van der Waals surface area contributed by atoms with Crippen molar-refractivity contribution in [2.24, 2.45) is 0 Å². The van der Waals surface area contributed by atoms with E-state index in [2.05, 4.69) is 27.3 Å². The Kier molecular flexibility index (Phi) is 4.21. The average molecular weight is 332 g/mol. The van der Waals surface area contributed by atoms with E-state index in [0.29, 0.717) is 13.1 Å². The molecule has 1 aromatic heterocycles. The fourth-order valence-electron chi connectivity index (χ4n) is 3.20. The number of rotatable bonds is 2. The van der Waals surface area contributed by atoms with E-state index in [9.17, 15) is 4.79 Å². The van der Waals surface area contributed by atoms with Crippen molar-refractivity contribution in [2.45, 2.75) is 0 Å². The molecule has 1 aliphatic heterocycles. The number of aromatic nitrogens is 1. The van der Waals surface area contributed by atoms with Gasteiger partial charge in [0.15, 0.2) is 0 Å². The van der Waals surface area contributed by atoms with Gasteiger partial charge in [-0.2, -0.15) is 0 Å². The first kappa shape index (κ1) is 15.4. The second-order valence-corrected chi connectivity index (χ2v) is 6.13. The molecule has 5 nitrogen and oxygen atoms in total. The monoisotopic (exact) mass is 332 g/mol. The highest BCUT2D eigenvalue weighted by molar-refractivity contribution is 5.92. The molecule has 2 heterocycles. The number of pyridine rings is 1. The van der Waals surface area contributed by atoms with Crippen LogP contribution in [0.25, 0.3) is 10.8 Å². The van der Waals surface area contributed by atoms with Crippen LogP contribution in [0.5, 0.6) is 0 Å². The normalized spacial score (nSPS) is 14.6. The molecule has 0 saturated carbocycles. The van der Waals surface area contributed by atoms with Gasteiger partial charge in [0.1, 0.15) is 5.82 Å². The second kappa shape index (κ2) is 6.81. The smallest absolute Gasteiger partial charge is 0.321 e. The summed E-state index contributed by atoms with van der Waals surface area (Å²) in [4.78, 5) is 21.1. The van der Waals surface area contributed by atoms with E-state index in [1.54, 1.807) is 0 Å². The average Bonchev–Trinajstić information content (AvgIpc) is 2.68. The molecule has 0 radical (unpaired) electrons. The van der Waals surface area contributed by atoms with E-state index in [1.165, 1.54) is 5.39 Å². The lowest BCUT2D eigenvalue weighted by molar-refractivity contribution is 0.208. The van der Waals surface area contributed by atoms with Gasteiger partial charge in [-0.05, 0) is 23.6 Å². The van der Waals surface area contributed by atoms with Crippen LogP contribution < -0.4 is 10.2 Å². The number of para-hydroxylation sites is 1. The third kappa shape index (κ3) is 3.26. The minimum absolute atomic E-state index is 0.0447. The van der Waals surface area contributed by atoms with Crippen LogP contribution in [0.3, 0.4) is 0 Å². The quantitative estimate of drug-likeness (QED) is 0.780. The van der Waals surface area contributed by atoms with Gasteiger partial charge in [0, 0.05) is 43.4 Å². The van der Waals surface area contributed by atoms with E-state index >= 15 is 0 Å². The summed E-state index contributed by atoms with van der Waals surface area (Å²) in [5.74, 6) is 1.00. The van der Waals surface area contributed by atoms with E-state index in [0.717, 1.165) is 30.0 Å². The molecule has 1 N–H and O–H groups in total. The van der Waals surface area contributed by atoms with Gasteiger partial charge in [0.2, 0.25) is 0 Å². The first-order valence-corrected chi connectivity index (χ1v) is 8.51. The summed E-state index contributed by atoms with van der Waals surface area (Å²) in [7, 11) is 0. The van der Waals surface area contributed by atoms with Gasteiger partial charge in [-0.25, -0.2) is 9.78 Å². The number of fused-ring (bicyclic) bond motifs is 1. The van der Waals surface area contributed by atoms with Crippen molar-refractivity contribution >= 4 is 28.3 Å². The number of nitrogens with one attached hydrogen (secondary N) is 1. The molecule has 1 aliphatic rings. The molecule has 0 spiro atoms. The van der Waals surface area contributed by atoms with E-state index < -0.39 is 0 Å². The van der Waals surface area contributed by atoms with Crippen LogP contribution in [0.1, 0.15) is 0 Å². The molecule has 0 unspecified atom stereocenters. The maximum atomic E-state index is 12.4. The molecule has 1 saturated heterocycles. The Hall–Kier alpha value is -3.08. The molecular weight excluding hydrogens is 312 g/mol. The number of hydrogen-bond donors (Lipinski definition) is 1. The standard InChI is InChI=1S/C20H20N4O/c25-20(22-17-7-2-1-3-8-17)24-14-12-23(13-15-24)19-18-9-5-4-6-16(18)10-11-21-19/h1-11H,12-15H2,(H,22,25). The number of amides is 2. The van der Waals surface area contributed by atoms with Gasteiger partial charge in [-0.1, -0.05) is 42.5 Å². The zero-order valence-electron chi connectivity index (χ0n) is 13.9. The van der Waals surface area contributed by atoms with E-state index in [-0.39, 0.29) is 6.03 Å². The first-order valence-electron chi connectivity index (χ1n) is 8.51. The minimum atomic E-state index is -0.0447. The lowest BCUT2D eigenvalue weighted by Crippen LogP contribution is -2.50. The molecule has 0 bridgehead atoms. The molecular formula is C20H20N4O. The van der Waals surface area contributed by atoms with Gasteiger partial charge in [0.25, 0.3) is 0 Å². The Bertz CT molecular complexity index is 868. The van der Waals surface area contributed by atoms with Crippen molar-refractivity contribution < 1.29 is 4.79 Å². The van der Waals surface area contributed by atoms with Crippen LogP contribution in [-0.2, 0) is 0 Å². The van der Waals surface area contributed by atoms with Crippen LogP contribution in [0.4, 0.5) is 16.3 Å². The Morgan fingerprint density at radius 2 is 1.60 bits per heavy atom. The number of benzene rings is 2. The molecule has 5 heteroatoms. The number of piperazine rings is 1. The fraction of sp³-hybridized carbons (Fsp3) is 0.200. The van der Waals surface area contributed by atoms with Crippen LogP contribution in [0.2, 0.25) is 0 Å². The molecule has 1 fully saturated rings. The Labute approximate surface area is 146 Å².